The molecule has 102 valence electrons. The van der Waals surface area contributed by atoms with Crippen LogP contribution in [0.2, 0.25) is 0 Å². The van der Waals surface area contributed by atoms with Crippen LogP contribution in [0.15, 0.2) is 0 Å². The summed E-state index contributed by atoms with van der Waals surface area (Å²) in [5.41, 5.74) is 0.167. The van der Waals surface area contributed by atoms with Crippen molar-refractivity contribution in [3.8, 4) is 0 Å². The lowest BCUT2D eigenvalue weighted by Crippen LogP contribution is -2.23. The molecule has 5 heteroatoms. The molecule has 1 saturated heterocycles. The zero-order valence-electron chi connectivity index (χ0n) is 10.9. The Morgan fingerprint density at radius 1 is 1.56 bits per heavy atom. The van der Waals surface area contributed by atoms with Gasteiger partial charge in [0.05, 0.1) is 13.5 Å². The number of rotatable bonds is 5. The van der Waals surface area contributed by atoms with Crippen molar-refractivity contribution in [1.29, 1.82) is 0 Å². The Kier molecular flexibility index (Phi) is 4.54. The van der Waals surface area contributed by atoms with Gasteiger partial charge in [-0.3, -0.25) is 9.59 Å². The van der Waals surface area contributed by atoms with Crippen molar-refractivity contribution >= 4 is 23.6 Å². The van der Waals surface area contributed by atoms with Gasteiger partial charge in [0.25, 0.3) is 0 Å². The Hall–Kier alpha value is -0.710. The van der Waals surface area contributed by atoms with Gasteiger partial charge < -0.3 is 10.1 Å². The predicted octanol–water partition coefficient (Wildman–Crippen LogP) is 1.73. The fourth-order valence-corrected chi connectivity index (χ4v) is 3.89. The topological polar surface area (TPSA) is 55.4 Å². The van der Waals surface area contributed by atoms with Crippen molar-refractivity contribution in [3.05, 3.63) is 0 Å². The summed E-state index contributed by atoms with van der Waals surface area (Å²) in [6, 6.07) is 0. The van der Waals surface area contributed by atoms with Gasteiger partial charge in [-0.2, -0.15) is 11.8 Å². The van der Waals surface area contributed by atoms with Gasteiger partial charge in [-0.05, 0) is 36.9 Å². The van der Waals surface area contributed by atoms with E-state index in [0.29, 0.717) is 18.1 Å². The van der Waals surface area contributed by atoms with E-state index in [1.165, 1.54) is 7.11 Å². The quantitative estimate of drug-likeness (QED) is 0.774. The highest BCUT2D eigenvalue weighted by molar-refractivity contribution is 7.99. The maximum atomic E-state index is 11.5. The molecule has 0 aromatic carbocycles. The summed E-state index contributed by atoms with van der Waals surface area (Å²) in [7, 11) is 1.45. The molecule has 1 amide bonds. The maximum Gasteiger partial charge on any atom is 0.306 e. The molecule has 1 aliphatic carbocycles. The van der Waals surface area contributed by atoms with Crippen LogP contribution in [0.4, 0.5) is 0 Å². The third kappa shape index (κ3) is 3.90. The fourth-order valence-electron chi connectivity index (χ4n) is 2.30. The third-order valence-corrected chi connectivity index (χ3v) is 5.42. The summed E-state index contributed by atoms with van der Waals surface area (Å²) >= 11 is 1.87. The third-order valence-electron chi connectivity index (χ3n) is 3.77. The molecule has 0 aromatic heterocycles. The van der Waals surface area contributed by atoms with Crippen LogP contribution in [0, 0.1) is 5.41 Å². The number of amides is 1. The lowest BCUT2D eigenvalue weighted by molar-refractivity contribution is -0.141. The van der Waals surface area contributed by atoms with Gasteiger partial charge in [-0.25, -0.2) is 0 Å². The molecule has 1 aliphatic heterocycles. The smallest absolute Gasteiger partial charge is 0.306 e. The van der Waals surface area contributed by atoms with Gasteiger partial charge in [-0.1, -0.05) is 0 Å². The molecular formula is C13H21NO3S. The first kappa shape index (κ1) is 13.7. The van der Waals surface area contributed by atoms with Crippen molar-refractivity contribution in [2.45, 2.75) is 43.8 Å². The molecule has 0 aromatic rings. The second-order valence-electron chi connectivity index (χ2n) is 5.38. The fraction of sp³-hybridized carbons (Fsp3) is 0.846. The summed E-state index contributed by atoms with van der Waals surface area (Å²) < 4.78 is 4.74. The van der Waals surface area contributed by atoms with Crippen LogP contribution < -0.4 is 5.32 Å². The normalized spacial score (nSPS) is 26.1. The Morgan fingerprint density at radius 2 is 2.33 bits per heavy atom. The molecule has 1 saturated carbocycles. The second-order valence-corrected chi connectivity index (χ2v) is 6.67. The van der Waals surface area contributed by atoms with Gasteiger partial charge in [-0.15, -0.1) is 0 Å². The lowest BCUT2D eigenvalue weighted by atomic mass is 10.1. The van der Waals surface area contributed by atoms with E-state index in [9.17, 15) is 9.59 Å². The van der Waals surface area contributed by atoms with E-state index in [0.717, 1.165) is 38.0 Å². The first-order chi connectivity index (χ1) is 8.63. The molecule has 4 nitrogen and oxygen atoms in total. The van der Waals surface area contributed by atoms with E-state index >= 15 is 0 Å². The molecule has 0 bridgehead atoms. The van der Waals surface area contributed by atoms with E-state index in [2.05, 4.69) is 5.32 Å². The number of nitrogens with one attached hydrogen (secondary N) is 1. The van der Waals surface area contributed by atoms with Crippen LogP contribution >= 0.6 is 11.8 Å². The van der Waals surface area contributed by atoms with E-state index < -0.39 is 0 Å². The van der Waals surface area contributed by atoms with Crippen LogP contribution in [0.1, 0.15) is 38.5 Å². The van der Waals surface area contributed by atoms with E-state index in [1.807, 2.05) is 11.8 Å². The number of carbonyl (C=O) groups excluding carboxylic acids is 2. The van der Waals surface area contributed by atoms with Crippen LogP contribution in [-0.2, 0) is 14.3 Å². The first-order valence-electron chi connectivity index (χ1n) is 6.59. The minimum Gasteiger partial charge on any atom is -0.469 e. The molecule has 2 fully saturated rings. The number of hydrogen-bond donors (Lipinski definition) is 1. The summed E-state index contributed by atoms with van der Waals surface area (Å²) in [5.74, 6) is 1.05. The summed E-state index contributed by atoms with van der Waals surface area (Å²) in [5, 5.41) is 3.32. The maximum absolute atomic E-state index is 11.5. The average Bonchev–Trinajstić information content (AvgIpc) is 3.12. The summed E-state index contributed by atoms with van der Waals surface area (Å²) in [6.45, 7) is 0.809. The first-order valence-corrected chi connectivity index (χ1v) is 7.64. The SMILES string of the molecule is COC(=O)CC1(CSC2CCCNC(=O)C2)CC1. The largest absolute Gasteiger partial charge is 0.469 e. The number of methoxy groups -OCH3 is 1. The zero-order valence-corrected chi connectivity index (χ0v) is 11.7. The van der Waals surface area contributed by atoms with Gasteiger partial charge in [0.15, 0.2) is 0 Å². The molecule has 1 unspecified atom stereocenters. The number of hydrogen-bond acceptors (Lipinski definition) is 4. The van der Waals surface area contributed by atoms with E-state index in [4.69, 9.17) is 4.74 Å². The van der Waals surface area contributed by atoms with Gasteiger partial charge in [0.2, 0.25) is 5.91 Å². The molecule has 1 heterocycles. The molecule has 0 spiro atoms. The molecule has 18 heavy (non-hydrogen) atoms. The molecule has 0 radical (unpaired) electrons. The van der Waals surface area contributed by atoms with Crippen molar-refractivity contribution in [1.82, 2.24) is 5.32 Å². The van der Waals surface area contributed by atoms with Gasteiger partial charge in [0, 0.05) is 18.2 Å². The Balaban J connectivity index is 1.76. The van der Waals surface area contributed by atoms with E-state index in [1.54, 1.807) is 0 Å². The monoisotopic (exact) mass is 271 g/mol. The Morgan fingerprint density at radius 3 is 3.00 bits per heavy atom. The highest BCUT2D eigenvalue weighted by Crippen LogP contribution is 2.52. The number of carbonyl (C=O) groups is 2. The summed E-state index contributed by atoms with van der Waals surface area (Å²) in [4.78, 5) is 22.8. The van der Waals surface area contributed by atoms with Crippen molar-refractivity contribution in [3.63, 3.8) is 0 Å². The highest BCUT2D eigenvalue weighted by Gasteiger charge is 2.45. The highest BCUT2D eigenvalue weighted by atomic mass is 32.2. The summed E-state index contributed by atoms with van der Waals surface area (Å²) in [6.07, 6.45) is 5.56. The van der Waals surface area contributed by atoms with Crippen LogP contribution in [0.5, 0.6) is 0 Å². The Bertz CT molecular complexity index is 328. The van der Waals surface area contributed by atoms with Gasteiger partial charge in [0.1, 0.15) is 0 Å². The molecule has 1 N–H and O–H groups in total. The van der Waals surface area contributed by atoms with Crippen LogP contribution in [0.3, 0.4) is 0 Å². The van der Waals surface area contributed by atoms with E-state index in [-0.39, 0.29) is 17.3 Å². The van der Waals surface area contributed by atoms with Crippen molar-refractivity contribution in [2.75, 3.05) is 19.4 Å². The van der Waals surface area contributed by atoms with Crippen molar-refractivity contribution in [2.24, 2.45) is 5.41 Å². The average molecular weight is 271 g/mol. The number of thioether (sulfide) groups is 1. The Labute approximate surface area is 112 Å². The molecule has 2 rings (SSSR count). The van der Waals surface area contributed by atoms with Crippen molar-refractivity contribution < 1.29 is 14.3 Å². The van der Waals surface area contributed by atoms with Gasteiger partial charge >= 0.3 is 5.97 Å². The number of ether oxygens (including phenoxy) is 1. The molecule has 2 aliphatic rings. The zero-order chi connectivity index (χ0) is 13.0. The lowest BCUT2D eigenvalue weighted by Gasteiger charge is -2.17. The minimum absolute atomic E-state index is 0.105. The number of esters is 1. The predicted molar refractivity (Wildman–Crippen MR) is 71.4 cm³/mol. The van der Waals surface area contributed by atoms with Crippen LogP contribution in [0.25, 0.3) is 0 Å². The second kappa shape index (κ2) is 5.95. The van der Waals surface area contributed by atoms with Crippen LogP contribution in [-0.4, -0.2) is 36.5 Å². The molecule has 1 atom stereocenters. The molecular weight excluding hydrogens is 250 g/mol. The minimum atomic E-state index is -0.105. The standard InChI is InChI=1S/C13H21NO3S/c1-17-12(16)8-13(4-5-13)9-18-10-3-2-6-14-11(15)7-10/h10H,2-9H2,1H3,(H,14,15).